The van der Waals surface area contributed by atoms with E-state index in [2.05, 4.69) is 33.8 Å². The first-order valence-corrected chi connectivity index (χ1v) is 6.23. The van der Waals surface area contributed by atoms with E-state index in [-0.39, 0.29) is 0 Å². The van der Waals surface area contributed by atoms with E-state index in [0.717, 1.165) is 30.4 Å². The van der Waals surface area contributed by atoms with Crippen molar-refractivity contribution in [3.05, 3.63) is 36.4 Å². The summed E-state index contributed by atoms with van der Waals surface area (Å²) in [6.07, 6.45) is 10.7. The predicted molar refractivity (Wildman–Crippen MR) is 67.7 cm³/mol. The third-order valence-corrected chi connectivity index (χ3v) is 2.99. The minimum Gasteiger partial charge on any atom is -0.349 e. The molecule has 4 nitrogen and oxygen atoms in total. The minimum absolute atomic E-state index is 0.429. The fraction of sp³-hybridized carbons (Fsp3) is 0.538. The molecular weight excluding hydrogens is 212 g/mol. The van der Waals surface area contributed by atoms with Crippen LogP contribution in [0.3, 0.4) is 0 Å². The van der Waals surface area contributed by atoms with Gasteiger partial charge in [0, 0.05) is 37.1 Å². The quantitative estimate of drug-likeness (QED) is 0.804. The van der Waals surface area contributed by atoms with Crippen molar-refractivity contribution in [2.45, 2.75) is 39.0 Å². The highest BCUT2D eigenvalue weighted by Crippen LogP contribution is 2.23. The number of aromatic amines is 2. The molecular formula is C13H20N4. The number of imidazole rings is 2. The van der Waals surface area contributed by atoms with Crippen molar-refractivity contribution in [2.75, 3.05) is 0 Å². The van der Waals surface area contributed by atoms with Crippen molar-refractivity contribution < 1.29 is 0 Å². The van der Waals surface area contributed by atoms with Crippen molar-refractivity contribution in [3.8, 4) is 0 Å². The maximum Gasteiger partial charge on any atom is 0.109 e. The van der Waals surface area contributed by atoms with Crippen LogP contribution < -0.4 is 0 Å². The molecule has 0 aliphatic rings. The summed E-state index contributed by atoms with van der Waals surface area (Å²) in [5.74, 6) is 3.26. The molecule has 0 aliphatic carbocycles. The van der Waals surface area contributed by atoms with Gasteiger partial charge in [0.25, 0.3) is 0 Å². The van der Waals surface area contributed by atoms with Crippen molar-refractivity contribution >= 4 is 0 Å². The van der Waals surface area contributed by atoms with Crippen LogP contribution in [0.5, 0.6) is 0 Å². The Bertz CT molecular complexity index is 403. The lowest BCUT2D eigenvalue weighted by molar-refractivity contribution is 0.481. The fourth-order valence-corrected chi connectivity index (χ4v) is 2.01. The summed E-state index contributed by atoms with van der Waals surface area (Å²) in [6, 6.07) is 0. The van der Waals surface area contributed by atoms with Crippen molar-refractivity contribution in [1.82, 2.24) is 19.9 Å². The van der Waals surface area contributed by atoms with Crippen molar-refractivity contribution in [1.29, 1.82) is 0 Å². The van der Waals surface area contributed by atoms with E-state index in [1.54, 1.807) is 6.20 Å². The lowest BCUT2D eigenvalue weighted by Gasteiger charge is -2.14. The molecule has 17 heavy (non-hydrogen) atoms. The molecule has 1 atom stereocenters. The molecule has 1 unspecified atom stereocenters. The topological polar surface area (TPSA) is 57.4 Å². The number of hydrogen-bond acceptors (Lipinski definition) is 2. The van der Waals surface area contributed by atoms with E-state index in [9.17, 15) is 0 Å². The van der Waals surface area contributed by atoms with Crippen LogP contribution in [0, 0.1) is 5.92 Å². The van der Waals surface area contributed by atoms with Gasteiger partial charge in [-0.3, -0.25) is 0 Å². The zero-order chi connectivity index (χ0) is 12.1. The fourth-order valence-electron chi connectivity index (χ4n) is 2.01. The first-order chi connectivity index (χ1) is 8.25. The summed E-state index contributed by atoms with van der Waals surface area (Å²) in [4.78, 5) is 15.1. The summed E-state index contributed by atoms with van der Waals surface area (Å²) in [5.41, 5.74) is 0. The normalized spacial score (nSPS) is 13.1. The van der Waals surface area contributed by atoms with Crippen molar-refractivity contribution in [2.24, 2.45) is 5.92 Å². The Morgan fingerprint density at radius 2 is 1.82 bits per heavy atom. The van der Waals surface area contributed by atoms with Crippen LogP contribution in [-0.2, 0) is 6.42 Å². The van der Waals surface area contributed by atoms with Gasteiger partial charge in [0.05, 0.1) is 0 Å². The van der Waals surface area contributed by atoms with Gasteiger partial charge in [-0.05, 0) is 12.3 Å². The van der Waals surface area contributed by atoms with Crippen LogP contribution in [-0.4, -0.2) is 19.9 Å². The second kappa shape index (κ2) is 5.66. The van der Waals surface area contributed by atoms with Gasteiger partial charge in [0.15, 0.2) is 0 Å². The summed E-state index contributed by atoms with van der Waals surface area (Å²) in [6.45, 7) is 4.51. The van der Waals surface area contributed by atoms with Gasteiger partial charge in [0.2, 0.25) is 0 Å². The van der Waals surface area contributed by atoms with Gasteiger partial charge >= 0.3 is 0 Å². The van der Waals surface area contributed by atoms with Crippen LogP contribution in [0.1, 0.15) is 44.3 Å². The standard InChI is InChI=1S/C13H20N4/c1-10(2)3-4-11(13-16-7-8-17-13)9-12-14-5-6-15-12/h5-8,10-11H,3-4,9H2,1-2H3,(H,14,15)(H,16,17). The highest BCUT2D eigenvalue weighted by molar-refractivity contribution is 5.02. The van der Waals surface area contributed by atoms with Crippen molar-refractivity contribution in [3.63, 3.8) is 0 Å². The molecule has 2 aromatic rings. The lowest BCUT2D eigenvalue weighted by Crippen LogP contribution is -2.08. The Morgan fingerprint density at radius 3 is 2.41 bits per heavy atom. The lowest BCUT2D eigenvalue weighted by atomic mass is 9.94. The number of hydrogen-bond donors (Lipinski definition) is 2. The highest BCUT2D eigenvalue weighted by atomic mass is 14.9. The molecule has 0 amide bonds. The van der Waals surface area contributed by atoms with Gasteiger partial charge in [-0.2, -0.15) is 0 Å². The highest BCUT2D eigenvalue weighted by Gasteiger charge is 2.16. The minimum atomic E-state index is 0.429. The zero-order valence-electron chi connectivity index (χ0n) is 10.5. The Hall–Kier alpha value is -1.58. The molecule has 0 saturated carbocycles. The van der Waals surface area contributed by atoms with E-state index in [0.29, 0.717) is 5.92 Å². The number of H-pyrrole nitrogens is 2. The molecule has 0 fully saturated rings. The Labute approximate surface area is 102 Å². The van der Waals surface area contributed by atoms with Crippen LogP contribution in [0.15, 0.2) is 24.8 Å². The second-order valence-electron chi connectivity index (χ2n) is 4.88. The molecule has 2 aromatic heterocycles. The SMILES string of the molecule is CC(C)CCC(Cc1ncc[nH]1)c1ncc[nH]1. The van der Waals surface area contributed by atoms with Crippen LogP contribution >= 0.6 is 0 Å². The number of nitrogens with zero attached hydrogens (tertiary/aromatic N) is 2. The average molecular weight is 232 g/mol. The molecule has 0 aliphatic heterocycles. The maximum atomic E-state index is 4.38. The molecule has 2 heterocycles. The summed E-state index contributed by atoms with van der Waals surface area (Å²) in [7, 11) is 0. The molecule has 4 heteroatoms. The van der Waals surface area contributed by atoms with E-state index in [1.807, 2.05) is 18.6 Å². The van der Waals surface area contributed by atoms with Gasteiger partial charge in [-0.1, -0.05) is 20.3 Å². The summed E-state index contributed by atoms with van der Waals surface area (Å²) < 4.78 is 0. The van der Waals surface area contributed by atoms with Crippen LogP contribution in [0.4, 0.5) is 0 Å². The summed E-state index contributed by atoms with van der Waals surface area (Å²) >= 11 is 0. The van der Waals surface area contributed by atoms with Gasteiger partial charge in [0.1, 0.15) is 11.6 Å². The predicted octanol–water partition coefficient (Wildman–Crippen LogP) is 2.90. The number of rotatable bonds is 6. The number of nitrogens with one attached hydrogen (secondary N) is 2. The molecule has 2 rings (SSSR count). The third kappa shape index (κ3) is 3.44. The first kappa shape index (κ1) is 11.9. The largest absolute Gasteiger partial charge is 0.349 e. The van der Waals surface area contributed by atoms with Crippen LogP contribution in [0.25, 0.3) is 0 Å². The van der Waals surface area contributed by atoms with E-state index < -0.39 is 0 Å². The molecule has 92 valence electrons. The van der Waals surface area contributed by atoms with Crippen LogP contribution in [0.2, 0.25) is 0 Å². The molecule has 0 aromatic carbocycles. The second-order valence-corrected chi connectivity index (χ2v) is 4.88. The molecule has 0 radical (unpaired) electrons. The Kier molecular flexibility index (Phi) is 3.96. The molecule has 2 N–H and O–H groups in total. The smallest absolute Gasteiger partial charge is 0.109 e. The first-order valence-electron chi connectivity index (χ1n) is 6.23. The van der Waals surface area contributed by atoms with E-state index in [1.165, 1.54) is 6.42 Å². The average Bonchev–Trinajstić information content (AvgIpc) is 2.96. The third-order valence-electron chi connectivity index (χ3n) is 2.99. The Morgan fingerprint density at radius 1 is 1.06 bits per heavy atom. The molecule has 0 bridgehead atoms. The zero-order valence-corrected chi connectivity index (χ0v) is 10.5. The van der Waals surface area contributed by atoms with Gasteiger partial charge < -0.3 is 9.97 Å². The van der Waals surface area contributed by atoms with Gasteiger partial charge in [-0.25, -0.2) is 9.97 Å². The maximum absolute atomic E-state index is 4.38. The number of aromatic nitrogens is 4. The monoisotopic (exact) mass is 232 g/mol. The van der Waals surface area contributed by atoms with Gasteiger partial charge in [-0.15, -0.1) is 0 Å². The van der Waals surface area contributed by atoms with E-state index >= 15 is 0 Å². The summed E-state index contributed by atoms with van der Waals surface area (Å²) in [5, 5.41) is 0. The Balaban J connectivity index is 2.02. The van der Waals surface area contributed by atoms with E-state index in [4.69, 9.17) is 0 Å². The molecule has 0 saturated heterocycles. The molecule has 0 spiro atoms.